The van der Waals surface area contributed by atoms with Crippen LogP contribution in [0.25, 0.3) is 5.88 Å². The number of rotatable bonds is 1. The van der Waals surface area contributed by atoms with Crippen LogP contribution in [0.1, 0.15) is 11.6 Å². The fourth-order valence-electron chi connectivity index (χ4n) is 1.41. The summed E-state index contributed by atoms with van der Waals surface area (Å²) in [5, 5.41) is 0. The van der Waals surface area contributed by atoms with Gasteiger partial charge in [-0.05, 0) is 19.1 Å². The highest BCUT2D eigenvalue weighted by Crippen LogP contribution is 2.13. The average molecular weight is 205 g/mol. The monoisotopic (exact) mass is 205 g/mol. The molecular weight excluding hydrogens is 194 g/mol. The van der Waals surface area contributed by atoms with Crippen LogP contribution >= 0.6 is 0 Å². The number of hydrogen-bond acceptors (Lipinski definition) is 4. The predicted octanol–water partition coefficient (Wildman–Crippen LogP) is 1.02. The Morgan fingerprint density at radius 1 is 1.47 bits per heavy atom. The summed E-state index contributed by atoms with van der Waals surface area (Å²) in [5.41, 5.74) is 6.08. The first-order valence-electron chi connectivity index (χ1n) is 4.51. The number of nitrogens with two attached hydrogens (primary N) is 1. The molecule has 0 saturated carbocycles. The van der Waals surface area contributed by atoms with Crippen LogP contribution in [0.3, 0.4) is 0 Å². The summed E-state index contributed by atoms with van der Waals surface area (Å²) in [4.78, 5) is 15.8. The van der Waals surface area contributed by atoms with E-state index >= 15 is 0 Å². The van der Waals surface area contributed by atoms with Gasteiger partial charge in [0.05, 0.1) is 5.69 Å². The maximum atomic E-state index is 11.7. The summed E-state index contributed by atoms with van der Waals surface area (Å²) in [6.45, 7) is 3.51. The van der Waals surface area contributed by atoms with Crippen LogP contribution < -0.4 is 11.3 Å². The Bertz CT molecular complexity index is 554. The van der Waals surface area contributed by atoms with Crippen LogP contribution in [0.2, 0.25) is 0 Å². The van der Waals surface area contributed by atoms with Gasteiger partial charge >= 0.3 is 0 Å². The van der Waals surface area contributed by atoms with E-state index < -0.39 is 0 Å². The van der Waals surface area contributed by atoms with Crippen LogP contribution in [0.15, 0.2) is 27.5 Å². The highest BCUT2D eigenvalue weighted by atomic mass is 16.4. The van der Waals surface area contributed by atoms with Gasteiger partial charge in [-0.15, -0.1) is 0 Å². The third-order valence-electron chi connectivity index (χ3n) is 2.07. The SMILES string of the molecule is Cc1nc(C)c(-n2cccc(N)c2=O)o1. The van der Waals surface area contributed by atoms with Gasteiger partial charge in [0.1, 0.15) is 5.69 Å². The fourth-order valence-corrected chi connectivity index (χ4v) is 1.41. The Balaban J connectivity index is 2.69. The molecule has 2 aromatic heterocycles. The lowest BCUT2D eigenvalue weighted by molar-refractivity contribution is 0.496. The zero-order valence-electron chi connectivity index (χ0n) is 8.52. The molecule has 5 heteroatoms. The first kappa shape index (κ1) is 9.51. The molecule has 2 rings (SSSR count). The Kier molecular flexibility index (Phi) is 2.07. The van der Waals surface area contributed by atoms with E-state index in [1.54, 1.807) is 32.2 Å². The fraction of sp³-hybridized carbons (Fsp3) is 0.200. The Labute approximate surface area is 86.2 Å². The quantitative estimate of drug-likeness (QED) is 0.754. The number of hydrogen-bond donors (Lipinski definition) is 1. The lowest BCUT2D eigenvalue weighted by Crippen LogP contribution is -2.20. The van der Waals surface area contributed by atoms with Crippen molar-refractivity contribution in [3.8, 4) is 5.88 Å². The van der Waals surface area contributed by atoms with E-state index in [0.717, 1.165) is 0 Å². The maximum Gasteiger partial charge on any atom is 0.280 e. The molecule has 0 radical (unpaired) electrons. The number of aromatic nitrogens is 2. The van der Waals surface area contributed by atoms with Crippen molar-refractivity contribution in [3.05, 3.63) is 40.3 Å². The molecule has 5 nitrogen and oxygen atoms in total. The van der Waals surface area contributed by atoms with E-state index in [9.17, 15) is 4.79 Å². The van der Waals surface area contributed by atoms with Gasteiger partial charge in [0.15, 0.2) is 5.89 Å². The molecule has 2 heterocycles. The van der Waals surface area contributed by atoms with Gasteiger partial charge < -0.3 is 10.2 Å². The molecule has 0 atom stereocenters. The maximum absolute atomic E-state index is 11.7. The van der Waals surface area contributed by atoms with Gasteiger partial charge in [-0.25, -0.2) is 4.98 Å². The second-order valence-electron chi connectivity index (χ2n) is 3.26. The third-order valence-corrected chi connectivity index (χ3v) is 2.07. The summed E-state index contributed by atoms with van der Waals surface area (Å²) in [7, 11) is 0. The number of nitrogens with zero attached hydrogens (tertiary/aromatic N) is 2. The lowest BCUT2D eigenvalue weighted by atomic mass is 10.4. The van der Waals surface area contributed by atoms with Crippen LogP contribution in [0, 0.1) is 13.8 Å². The van der Waals surface area contributed by atoms with Crippen molar-refractivity contribution in [1.29, 1.82) is 0 Å². The van der Waals surface area contributed by atoms with Gasteiger partial charge in [-0.2, -0.15) is 0 Å². The topological polar surface area (TPSA) is 74.1 Å². The first-order chi connectivity index (χ1) is 7.09. The van der Waals surface area contributed by atoms with E-state index in [-0.39, 0.29) is 11.2 Å². The zero-order valence-corrected chi connectivity index (χ0v) is 8.52. The van der Waals surface area contributed by atoms with Crippen molar-refractivity contribution < 1.29 is 4.42 Å². The van der Waals surface area contributed by atoms with Gasteiger partial charge in [0.2, 0.25) is 5.88 Å². The molecule has 15 heavy (non-hydrogen) atoms. The van der Waals surface area contributed by atoms with Crippen molar-refractivity contribution in [2.45, 2.75) is 13.8 Å². The predicted molar refractivity (Wildman–Crippen MR) is 56.0 cm³/mol. The zero-order chi connectivity index (χ0) is 11.0. The minimum absolute atomic E-state index is 0.186. The molecular formula is C10H11N3O2. The molecule has 0 unspecified atom stereocenters. The summed E-state index contributed by atoms with van der Waals surface area (Å²) in [6.07, 6.45) is 1.60. The number of anilines is 1. The molecule has 0 aromatic carbocycles. The highest BCUT2D eigenvalue weighted by molar-refractivity contribution is 5.37. The molecule has 0 aliphatic heterocycles. The second kappa shape index (κ2) is 3.27. The van der Waals surface area contributed by atoms with Crippen molar-refractivity contribution in [1.82, 2.24) is 9.55 Å². The minimum Gasteiger partial charge on any atom is -0.424 e. The van der Waals surface area contributed by atoms with E-state index in [2.05, 4.69) is 4.98 Å². The minimum atomic E-state index is -0.295. The Hall–Kier alpha value is -2.04. The van der Waals surface area contributed by atoms with Crippen LogP contribution in [-0.4, -0.2) is 9.55 Å². The summed E-state index contributed by atoms with van der Waals surface area (Å²) < 4.78 is 6.68. The molecule has 78 valence electrons. The number of oxazole rings is 1. The molecule has 0 aliphatic rings. The summed E-state index contributed by atoms with van der Waals surface area (Å²) in [6, 6.07) is 3.24. The largest absolute Gasteiger partial charge is 0.424 e. The third kappa shape index (κ3) is 1.52. The van der Waals surface area contributed by atoms with Gasteiger partial charge in [0.25, 0.3) is 5.56 Å². The number of nitrogen functional groups attached to an aromatic ring is 1. The van der Waals surface area contributed by atoms with Crippen LogP contribution in [0.5, 0.6) is 0 Å². The smallest absolute Gasteiger partial charge is 0.280 e. The number of pyridine rings is 1. The van der Waals surface area contributed by atoms with E-state index in [4.69, 9.17) is 10.2 Å². The lowest BCUT2D eigenvalue weighted by Gasteiger charge is -2.02. The Morgan fingerprint density at radius 2 is 2.20 bits per heavy atom. The van der Waals surface area contributed by atoms with Crippen molar-refractivity contribution in [2.75, 3.05) is 5.73 Å². The molecule has 0 fully saturated rings. The summed E-state index contributed by atoms with van der Waals surface area (Å²) >= 11 is 0. The Morgan fingerprint density at radius 3 is 2.80 bits per heavy atom. The van der Waals surface area contributed by atoms with Crippen molar-refractivity contribution in [3.63, 3.8) is 0 Å². The van der Waals surface area contributed by atoms with Crippen LogP contribution in [0.4, 0.5) is 5.69 Å². The van der Waals surface area contributed by atoms with E-state index in [1.807, 2.05) is 0 Å². The van der Waals surface area contributed by atoms with Crippen LogP contribution in [-0.2, 0) is 0 Å². The van der Waals surface area contributed by atoms with E-state index in [0.29, 0.717) is 17.5 Å². The second-order valence-corrected chi connectivity index (χ2v) is 3.26. The van der Waals surface area contributed by atoms with Gasteiger partial charge in [-0.1, -0.05) is 0 Å². The summed E-state index contributed by atoms with van der Waals surface area (Å²) in [5.74, 6) is 0.946. The number of aryl methyl sites for hydroxylation is 2. The molecule has 2 aromatic rings. The molecule has 0 aliphatic carbocycles. The van der Waals surface area contributed by atoms with Gasteiger partial charge in [0, 0.05) is 13.1 Å². The van der Waals surface area contributed by atoms with Gasteiger partial charge in [-0.3, -0.25) is 9.36 Å². The normalized spacial score (nSPS) is 10.5. The van der Waals surface area contributed by atoms with Crippen molar-refractivity contribution in [2.24, 2.45) is 0 Å². The molecule has 0 saturated heterocycles. The average Bonchev–Trinajstić information content (AvgIpc) is 2.50. The van der Waals surface area contributed by atoms with E-state index in [1.165, 1.54) is 4.57 Å². The molecule has 0 spiro atoms. The molecule has 2 N–H and O–H groups in total. The first-order valence-corrected chi connectivity index (χ1v) is 4.51. The van der Waals surface area contributed by atoms with Crippen molar-refractivity contribution >= 4 is 5.69 Å². The standard InChI is InChI=1S/C10H11N3O2/c1-6-10(15-7(2)12-6)13-5-3-4-8(11)9(13)14/h3-5H,11H2,1-2H3. The highest BCUT2D eigenvalue weighted by Gasteiger charge is 2.10. The molecule has 0 bridgehead atoms. The molecule has 0 amide bonds.